The minimum Gasteiger partial charge on any atom is -0.319 e. The van der Waals surface area contributed by atoms with Gasteiger partial charge in [-0.15, -0.1) is 5.10 Å². The molecule has 1 amide bonds. The lowest BCUT2D eigenvalue weighted by atomic mass is 10.1. The number of carbonyl (C=O) groups is 1. The summed E-state index contributed by atoms with van der Waals surface area (Å²) < 4.78 is 0. The van der Waals surface area contributed by atoms with Crippen LogP contribution < -0.4 is 5.32 Å². The van der Waals surface area contributed by atoms with Crippen LogP contribution in [0, 0.1) is 30.9 Å². The van der Waals surface area contributed by atoms with Gasteiger partial charge in [0.15, 0.2) is 5.82 Å². The number of anilines is 1. The molecule has 9 heteroatoms. The number of hydrogen-bond donors (Lipinski definition) is 2. The van der Waals surface area contributed by atoms with Crippen LogP contribution in [-0.4, -0.2) is 31.8 Å². The largest absolute Gasteiger partial charge is 0.319 e. The van der Waals surface area contributed by atoms with E-state index in [0.717, 1.165) is 28.5 Å². The Labute approximate surface area is 165 Å². The summed E-state index contributed by atoms with van der Waals surface area (Å²) >= 11 is 1.16. The van der Waals surface area contributed by atoms with E-state index < -0.39 is 4.92 Å². The molecule has 0 atom stereocenters. The quantitative estimate of drug-likeness (QED) is 0.369. The Hall–Kier alpha value is -3.20. The highest BCUT2D eigenvalue weighted by Gasteiger charge is 2.19. The lowest BCUT2D eigenvalue weighted by molar-refractivity contribution is -0.384. The first-order chi connectivity index (χ1) is 13.3. The second-order valence-corrected chi connectivity index (χ2v) is 7.35. The van der Waals surface area contributed by atoms with Gasteiger partial charge in [0.1, 0.15) is 5.69 Å². The van der Waals surface area contributed by atoms with Gasteiger partial charge in [0.2, 0.25) is 11.1 Å². The third kappa shape index (κ3) is 4.55. The predicted molar refractivity (Wildman–Crippen MR) is 108 cm³/mol. The number of aromatic nitrogens is 3. The van der Waals surface area contributed by atoms with Crippen LogP contribution in [0.1, 0.15) is 16.7 Å². The third-order valence-electron chi connectivity index (χ3n) is 4.01. The van der Waals surface area contributed by atoms with Crippen molar-refractivity contribution in [1.29, 1.82) is 0 Å². The van der Waals surface area contributed by atoms with Gasteiger partial charge in [-0.05, 0) is 38.0 Å². The van der Waals surface area contributed by atoms with Crippen molar-refractivity contribution in [3.8, 4) is 11.4 Å². The molecule has 0 saturated heterocycles. The number of nitro benzene ring substituents is 1. The average molecular weight is 397 g/mol. The normalized spacial score (nSPS) is 10.7. The number of H-pyrrole nitrogens is 1. The Balaban J connectivity index is 1.67. The van der Waals surface area contributed by atoms with E-state index in [0.29, 0.717) is 16.5 Å². The van der Waals surface area contributed by atoms with E-state index in [-0.39, 0.29) is 23.0 Å². The van der Waals surface area contributed by atoms with Crippen LogP contribution in [0.3, 0.4) is 0 Å². The van der Waals surface area contributed by atoms with Crippen molar-refractivity contribution in [3.63, 3.8) is 0 Å². The smallest absolute Gasteiger partial charge is 0.293 e. The summed E-state index contributed by atoms with van der Waals surface area (Å²) in [5, 5.41) is 21.3. The second kappa shape index (κ2) is 8.22. The summed E-state index contributed by atoms with van der Waals surface area (Å²) in [5.74, 6) is 0.300. The number of nitrogens with one attached hydrogen (secondary N) is 2. The number of amides is 1. The van der Waals surface area contributed by atoms with Gasteiger partial charge in [-0.2, -0.15) is 0 Å². The molecule has 2 N–H and O–H groups in total. The van der Waals surface area contributed by atoms with E-state index in [2.05, 4.69) is 20.5 Å². The van der Waals surface area contributed by atoms with Crippen LogP contribution in [0.4, 0.5) is 11.4 Å². The molecule has 8 nitrogen and oxygen atoms in total. The maximum atomic E-state index is 12.3. The van der Waals surface area contributed by atoms with Crippen molar-refractivity contribution in [2.75, 3.05) is 11.1 Å². The third-order valence-corrected chi connectivity index (χ3v) is 4.86. The Kier molecular flexibility index (Phi) is 5.74. The molecule has 0 aliphatic heterocycles. The van der Waals surface area contributed by atoms with Gasteiger partial charge in [-0.1, -0.05) is 41.6 Å². The summed E-state index contributed by atoms with van der Waals surface area (Å²) in [6.45, 7) is 5.49. The van der Waals surface area contributed by atoms with Gasteiger partial charge in [-0.3, -0.25) is 20.0 Å². The minimum atomic E-state index is -0.494. The Morgan fingerprint density at radius 2 is 2.00 bits per heavy atom. The number of benzene rings is 2. The first-order valence-electron chi connectivity index (χ1n) is 8.51. The van der Waals surface area contributed by atoms with Gasteiger partial charge in [-0.25, -0.2) is 4.98 Å². The van der Waals surface area contributed by atoms with Gasteiger partial charge in [0, 0.05) is 11.6 Å². The van der Waals surface area contributed by atoms with Crippen LogP contribution >= 0.6 is 11.8 Å². The molecule has 1 aromatic heterocycles. The van der Waals surface area contributed by atoms with E-state index in [1.807, 2.05) is 31.2 Å². The van der Waals surface area contributed by atoms with Gasteiger partial charge >= 0.3 is 0 Å². The molecule has 3 aromatic rings. The molecule has 1 heterocycles. The molecule has 2 aromatic carbocycles. The van der Waals surface area contributed by atoms with Crippen LogP contribution in [0.2, 0.25) is 0 Å². The number of nitrogens with zero attached hydrogens (tertiary/aromatic N) is 3. The number of carbonyl (C=O) groups excluding carboxylic acids is 1. The molecule has 0 bridgehead atoms. The summed E-state index contributed by atoms with van der Waals surface area (Å²) in [5.41, 5.74) is 3.53. The Morgan fingerprint density at radius 1 is 1.21 bits per heavy atom. The predicted octanol–water partition coefficient (Wildman–Crippen LogP) is 4.04. The highest BCUT2D eigenvalue weighted by molar-refractivity contribution is 7.99. The lowest BCUT2D eigenvalue weighted by Gasteiger charge is -2.09. The van der Waals surface area contributed by atoms with Crippen molar-refractivity contribution in [2.24, 2.45) is 0 Å². The minimum absolute atomic E-state index is 0.0373. The Bertz CT molecular complexity index is 1050. The van der Waals surface area contributed by atoms with Crippen LogP contribution in [0.25, 0.3) is 11.4 Å². The molecule has 0 radical (unpaired) electrons. The molecule has 144 valence electrons. The number of hydrogen-bond acceptors (Lipinski definition) is 6. The van der Waals surface area contributed by atoms with Crippen molar-refractivity contribution in [2.45, 2.75) is 25.9 Å². The summed E-state index contributed by atoms with van der Waals surface area (Å²) in [6, 6.07) is 11.1. The highest BCUT2D eigenvalue weighted by Crippen LogP contribution is 2.30. The number of aromatic amines is 1. The van der Waals surface area contributed by atoms with E-state index in [1.54, 1.807) is 19.9 Å². The molecule has 0 aliphatic carbocycles. The van der Waals surface area contributed by atoms with E-state index in [9.17, 15) is 14.9 Å². The maximum absolute atomic E-state index is 12.3. The first-order valence-corrected chi connectivity index (χ1v) is 9.50. The number of thioether (sulfide) groups is 1. The topological polar surface area (TPSA) is 114 Å². The van der Waals surface area contributed by atoms with Gasteiger partial charge < -0.3 is 5.32 Å². The molecule has 0 spiro atoms. The first kappa shape index (κ1) is 19.6. The fourth-order valence-electron chi connectivity index (χ4n) is 2.79. The summed E-state index contributed by atoms with van der Waals surface area (Å²) in [7, 11) is 0. The zero-order valence-electron chi connectivity index (χ0n) is 15.6. The zero-order valence-corrected chi connectivity index (χ0v) is 16.5. The highest BCUT2D eigenvalue weighted by atomic mass is 32.2. The molecular weight excluding hydrogens is 378 g/mol. The SMILES string of the molecule is Cc1cccc(-c2nc(SCC(=O)Nc3c(C)cc(C)cc3[N+](=O)[O-])n[nH]2)c1. The fourth-order valence-corrected chi connectivity index (χ4v) is 3.39. The molecule has 0 aliphatic rings. The molecule has 0 unspecified atom stereocenters. The number of aryl methyl sites for hydroxylation is 3. The van der Waals surface area contributed by atoms with Gasteiger partial charge in [0.25, 0.3) is 5.69 Å². The molecule has 3 rings (SSSR count). The van der Waals surface area contributed by atoms with E-state index in [4.69, 9.17) is 0 Å². The Morgan fingerprint density at radius 3 is 2.71 bits per heavy atom. The van der Waals surface area contributed by atoms with Crippen LogP contribution in [0.5, 0.6) is 0 Å². The van der Waals surface area contributed by atoms with Crippen LogP contribution in [0.15, 0.2) is 41.6 Å². The molecule has 0 saturated carbocycles. The monoisotopic (exact) mass is 397 g/mol. The molecule has 28 heavy (non-hydrogen) atoms. The zero-order chi connectivity index (χ0) is 20.3. The molecular formula is C19H19N5O3S. The lowest BCUT2D eigenvalue weighted by Crippen LogP contribution is -2.16. The standard InChI is InChI=1S/C19H19N5O3S/c1-11-5-4-6-14(8-11)18-21-19(23-22-18)28-10-16(25)20-17-13(3)7-12(2)9-15(17)24(26)27/h4-9H,10H2,1-3H3,(H,20,25)(H,21,22,23). The van der Waals surface area contributed by atoms with Crippen molar-refractivity contribution >= 4 is 29.0 Å². The van der Waals surface area contributed by atoms with Crippen molar-refractivity contribution in [3.05, 3.63) is 63.2 Å². The summed E-state index contributed by atoms with van der Waals surface area (Å²) in [6.07, 6.45) is 0. The second-order valence-electron chi connectivity index (χ2n) is 6.41. The van der Waals surface area contributed by atoms with Crippen molar-refractivity contribution < 1.29 is 9.72 Å². The van der Waals surface area contributed by atoms with E-state index >= 15 is 0 Å². The number of rotatable bonds is 6. The average Bonchev–Trinajstić information content (AvgIpc) is 3.11. The maximum Gasteiger partial charge on any atom is 0.293 e. The number of nitro groups is 1. The fraction of sp³-hybridized carbons (Fsp3) is 0.211. The van der Waals surface area contributed by atoms with Gasteiger partial charge in [0.05, 0.1) is 10.7 Å². The summed E-state index contributed by atoms with van der Waals surface area (Å²) in [4.78, 5) is 27.5. The van der Waals surface area contributed by atoms with Crippen molar-refractivity contribution in [1.82, 2.24) is 15.2 Å². The van der Waals surface area contributed by atoms with Crippen LogP contribution in [-0.2, 0) is 4.79 Å². The van der Waals surface area contributed by atoms with E-state index in [1.165, 1.54) is 6.07 Å². The molecule has 0 fully saturated rings.